The van der Waals surface area contributed by atoms with E-state index in [1.165, 1.54) is 23.8 Å². The van der Waals surface area contributed by atoms with Crippen molar-refractivity contribution in [3.8, 4) is 6.07 Å². The third-order valence-electron chi connectivity index (χ3n) is 5.85. The van der Waals surface area contributed by atoms with Crippen molar-refractivity contribution >= 4 is 57.4 Å². The Labute approximate surface area is 217 Å². The molecule has 5 rings (SSSR count). The van der Waals surface area contributed by atoms with E-state index >= 15 is 0 Å². The van der Waals surface area contributed by atoms with Gasteiger partial charge in [-0.05, 0) is 6.07 Å². The fraction of sp³-hybridized carbons (Fsp3) is 0.227. The van der Waals surface area contributed by atoms with Crippen LogP contribution in [0.1, 0.15) is 11.3 Å². The Hall–Kier alpha value is -4.42. The molecule has 0 aromatic carbocycles. The topological polar surface area (TPSA) is 179 Å². The number of amides is 2. The van der Waals surface area contributed by atoms with Gasteiger partial charge < -0.3 is 21.0 Å². The Morgan fingerprint density at radius 1 is 1.46 bits per heavy atom. The molecular weight excluding hydrogens is 520 g/mol. The van der Waals surface area contributed by atoms with Gasteiger partial charge in [-0.1, -0.05) is 5.16 Å². The van der Waals surface area contributed by atoms with Crippen LogP contribution in [0.4, 0.5) is 5.13 Å². The molecule has 0 radical (unpaired) electrons. The first-order valence-corrected chi connectivity index (χ1v) is 12.7. The van der Waals surface area contributed by atoms with E-state index in [1.807, 2.05) is 4.57 Å². The van der Waals surface area contributed by atoms with Gasteiger partial charge in [-0.25, -0.2) is 18.7 Å². The summed E-state index contributed by atoms with van der Waals surface area (Å²) in [6.45, 7) is 0.237. The lowest BCUT2D eigenvalue weighted by molar-refractivity contribution is -0.662. The summed E-state index contributed by atoms with van der Waals surface area (Å²) in [4.78, 5) is 48.2. The quantitative estimate of drug-likeness (QED) is 0.160. The molecule has 0 unspecified atom stereocenters. The number of rotatable bonds is 7. The standard InChI is InChI=1S/C22H18N8O5S2/c1-35-27-15(13-10-37-22(24)25-13)18(31)26-16-19(32)30-17(21(33)34)12(9-36-20(16)30)8-29-5-4-28-7-11(6-23)2-3-14(28)29/h2-5,7,10,16,20H,8-9H2,1H3,(H3-,24,25,26,31,33,34)/p+1/b27-15-/t16-,20+/m1/s1. The number of imidazole rings is 1. The van der Waals surface area contributed by atoms with Gasteiger partial charge in [0.05, 0.1) is 5.56 Å². The maximum atomic E-state index is 13.1. The van der Waals surface area contributed by atoms with E-state index in [1.54, 1.807) is 40.5 Å². The Morgan fingerprint density at radius 2 is 2.27 bits per heavy atom. The van der Waals surface area contributed by atoms with E-state index in [4.69, 9.17) is 15.8 Å². The SMILES string of the molecule is CO/N=C(\C(=O)N[C@@H]1C(=O)N2C(C(=O)O)=C(C[n+]3ccn4cc(C#N)ccc43)CS[C@@H]12)c1csc(N)n1. The lowest BCUT2D eigenvalue weighted by Gasteiger charge is -2.49. The average molecular weight is 540 g/mol. The number of hydrogen-bond acceptors (Lipinski definition) is 10. The van der Waals surface area contributed by atoms with Crippen molar-refractivity contribution in [3.05, 3.63) is 58.6 Å². The number of nitrogen functional groups attached to an aromatic ring is 1. The van der Waals surface area contributed by atoms with Gasteiger partial charge >= 0.3 is 5.97 Å². The maximum Gasteiger partial charge on any atom is 0.352 e. The highest BCUT2D eigenvalue weighted by atomic mass is 32.2. The smallest absolute Gasteiger partial charge is 0.352 e. The molecule has 0 aliphatic carbocycles. The van der Waals surface area contributed by atoms with E-state index in [9.17, 15) is 19.5 Å². The van der Waals surface area contributed by atoms with Crippen LogP contribution in [-0.4, -0.2) is 67.2 Å². The number of pyridine rings is 1. The van der Waals surface area contributed by atoms with Crippen molar-refractivity contribution in [3.63, 3.8) is 0 Å². The van der Waals surface area contributed by atoms with Crippen molar-refractivity contribution in [2.75, 3.05) is 18.6 Å². The molecule has 2 atom stereocenters. The number of carbonyl (C=O) groups is 3. The molecule has 2 amide bonds. The summed E-state index contributed by atoms with van der Waals surface area (Å²) in [6, 6.07) is 4.58. The van der Waals surface area contributed by atoms with Crippen molar-refractivity contribution in [1.29, 1.82) is 5.26 Å². The molecule has 2 aliphatic heterocycles. The fourth-order valence-corrected chi connectivity index (χ4v) is 6.10. The van der Waals surface area contributed by atoms with Crippen molar-refractivity contribution in [2.24, 2.45) is 5.16 Å². The van der Waals surface area contributed by atoms with Crippen LogP contribution in [0.3, 0.4) is 0 Å². The first-order valence-electron chi connectivity index (χ1n) is 10.8. The van der Waals surface area contributed by atoms with E-state index in [0.717, 1.165) is 17.0 Å². The number of hydrogen-bond donors (Lipinski definition) is 3. The van der Waals surface area contributed by atoms with E-state index in [-0.39, 0.29) is 28.8 Å². The number of aromatic nitrogens is 3. The number of oxime groups is 1. The molecular formula is C22H19N8O5S2+. The molecule has 1 fully saturated rings. The molecule has 4 N–H and O–H groups in total. The van der Waals surface area contributed by atoms with Crippen LogP contribution in [0.15, 0.2) is 52.5 Å². The number of carboxylic acids is 1. The second-order valence-corrected chi connectivity index (χ2v) is 10.0. The number of thiazole rings is 1. The van der Waals surface area contributed by atoms with Gasteiger partial charge in [0.15, 0.2) is 10.8 Å². The normalized spacial score (nSPS) is 19.3. The Morgan fingerprint density at radius 3 is 2.95 bits per heavy atom. The minimum absolute atomic E-state index is 0.0993. The summed E-state index contributed by atoms with van der Waals surface area (Å²) < 4.78 is 3.62. The van der Waals surface area contributed by atoms with Crippen molar-refractivity contribution in [2.45, 2.75) is 18.0 Å². The zero-order valence-corrected chi connectivity index (χ0v) is 20.8. The molecule has 0 spiro atoms. The number of nitriles is 1. The molecule has 15 heteroatoms. The van der Waals surface area contributed by atoms with E-state index in [0.29, 0.717) is 16.9 Å². The predicted molar refractivity (Wildman–Crippen MR) is 132 cm³/mol. The highest BCUT2D eigenvalue weighted by Crippen LogP contribution is 2.40. The number of nitrogens with one attached hydrogen (secondary N) is 1. The van der Waals surface area contributed by atoms with E-state index < -0.39 is 29.2 Å². The van der Waals surface area contributed by atoms with Crippen LogP contribution < -0.4 is 15.6 Å². The average Bonchev–Trinajstić information content (AvgIpc) is 3.50. The Bertz CT molecular complexity index is 1550. The molecule has 5 heterocycles. The minimum atomic E-state index is -1.23. The molecule has 1 saturated heterocycles. The summed E-state index contributed by atoms with van der Waals surface area (Å²) in [5.74, 6) is -2.12. The maximum absolute atomic E-state index is 13.1. The van der Waals surface area contributed by atoms with Gasteiger partial charge in [0, 0.05) is 22.8 Å². The second kappa shape index (κ2) is 9.56. The number of carbonyl (C=O) groups excluding carboxylic acids is 2. The van der Waals surface area contributed by atoms with Crippen LogP contribution >= 0.6 is 23.1 Å². The van der Waals surface area contributed by atoms with Gasteiger partial charge in [0.1, 0.15) is 61.1 Å². The first kappa shape index (κ1) is 24.3. The number of aliphatic carboxylic acids is 1. The third-order valence-corrected chi connectivity index (χ3v) is 7.86. The fourth-order valence-electron chi connectivity index (χ4n) is 4.21. The number of fused-ring (bicyclic) bond motifs is 2. The molecule has 0 saturated carbocycles. The Balaban J connectivity index is 1.37. The first-order chi connectivity index (χ1) is 17.8. The van der Waals surface area contributed by atoms with Gasteiger partial charge in [-0.15, -0.1) is 23.1 Å². The zero-order chi connectivity index (χ0) is 26.3. The molecule has 3 aromatic heterocycles. The Kier molecular flexibility index (Phi) is 6.27. The summed E-state index contributed by atoms with van der Waals surface area (Å²) in [7, 11) is 1.27. The predicted octanol–water partition coefficient (Wildman–Crippen LogP) is -0.0735. The molecule has 13 nitrogen and oxygen atoms in total. The monoisotopic (exact) mass is 539 g/mol. The van der Waals surface area contributed by atoms with Crippen LogP contribution in [0, 0.1) is 11.3 Å². The van der Waals surface area contributed by atoms with E-state index in [2.05, 4.69) is 21.5 Å². The van der Waals surface area contributed by atoms with Crippen molar-refractivity contribution < 1.29 is 28.9 Å². The van der Waals surface area contributed by atoms with Crippen LogP contribution in [0.2, 0.25) is 0 Å². The molecule has 2 aliphatic rings. The second-order valence-electron chi connectivity index (χ2n) is 8.03. The van der Waals surface area contributed by atoms with Gasteiger partial charge in [-0.3, -0.25) is 14.5 Å². The summed E-state index contributed by atoms with van der Waals surface area (Å²) in [5.41, 5.74) is 7.41. The summed E-state index contributed by atoms with van der Waals surface area (Å²) >= 11 is 2.48. The minimum Gasteiger partial charge on any atom is -0.477 e. The number of nitrogens with two attached hydrogens (primary N) is 1. The molecule has 0 bridgehead atoms. The van der Waals surface area contributed by atoms with Gasteiger partial charge in [0.2, 0.25) is 0 Å². The van der Waals surface area contributed by atoms with Gasteiger partial charge in [-0.2, -0.15) is 5.26 Å². The largest absolute Gasteiger partial charge is 0.477 e. The van der Waals surface area contributed by atoms with Gasteiger partial charge in [0.25, 0.3) is 17.5 Å². The third kappa shape index (κ3) is 4.26. The number of thioether (sulfide) groups is 1. The number of nitrogens with zero attached hydrogens (tertiary/aromatic N) is 6. The number of β-lactam (4-membered cyclic amide) rings is 1. The highest BCUT2D eigenvalue weighted by molar-refractivity contribution is 8.00. The number of anilines is 1. The molecule has 188 valence electrons. The van der Waals surface area contributed by atoms with Crippen LogP contribution in [0.5, 0.6) is 0 Å². The van der Waals surface area contributed by atoms with Crippen LogP contribution in [-0.2, 0) is 25.8 Å². The van der Waals surface area contributed by atoms with Crippen LogP contribution in [0.25, 0.3) is 5.65 Å². The molecule has 37 heavy (non-hydrogen) atoms. The lowest BCUT2D eigenvalue weighted by atomic mass is 10.0. The summed E-state index contributed by atoms with van der Waals surface area (Å²) in [6.07, 6.45) is 5.23. The molecule has 3 aromatic rings. The van der Waals surface area contributed by atoms with Crippen molar-refractivity contribution in [1.82, 2.24) is 19.6 Å². The highest BCUT2D eigenvalue weighted by Gasteiger charge is 2.54. The zero-order valence-electron chi connectivity index (χ0n) is 19.2. The number of carboxylic acid groups (broad SMARTS) is 1. The summed E-state index contributed by atoms with van der Waals surface area (Å²) in [5, 5.41) is 26.6. The lowest BCUT2D eigenvalue weighted by Crippen LogP contribution is -2.71.